The molecule has 2 aliphatic rings. The van der Waals surface area contributed by atoms with E-state index in [1.807, 2.05) is 52.8 Å². The summed E-state index contributed by atoms with van der Waals surface area (Å²) in [6, 6.07) is 10.4. The first-order valence-electron chi connectivity index (χ1n) is 9.17. The Morgan fingerprint density at radius 3 is 2.30 bits per heavy atom. The number of carbonyl (C=O) groups is 1. The Labute approximate surface area is 159 Å². The molecule has 4 rings (SSSR count). The average molecular weight is 367 g/mol. The molecule has 2 aromatic carbocycles. The highest BCUT2D eigenvalue weighted by Gasteiger charge is 2.52. The van der Waals surface area contributed by atoms with Gasteiger partial charge in [-0.25, -0.2) is 4.39 Å². The molecule has 0 spiro atoms. The number of carbonyl (C=O) groups excluding carboxylic acids is 1. The Bertz CT molecular complexity index is 925. The van der Waals surface area contributed by atoms with Gasteiger partial charge in [-0.15, -0.1) is 0 Å². The Morgan fingerprint density at radius 1 is 1.04 bits per heavy atom. The van der Waals surface area contributed by atoms with E-state index in [1.54, 1.807) is 17.0 Å². The normalized spacial score (nSPS) is 20.3. The van der Waals surface area contributed by atoms with Crippen LogP contribution in [0.15, 0.2) is 36.4 Å². The van der Waals surface area contributed by atoms with Crippen LogP contribution in [0.3, 0.4) is 0 Å². The summed E-state index contributed by atoms with van der Waals surface area (Å²) in [5, 5.41) is 0. The first-order valence-corrected chi connectivity index (χ1v) is 9.17. The number of fused-ring (bicyclic) bond motifs is 1. The van der Waals surface area contributed by atoms with Crippen LogP contribution in [0.5, 0.6) is 0 Å². The summed E-state index contributed by atoms with van der Waals surface area (Å²) in [6.07, 6.45) is 0. The van der Waals surface area contributed by atoms with Gasteiger partial charge in [0.1, 0.15) is 5.82 Å². The van der Waals surface area contributed by atoms with E-state index >= 15 is 0 Å². The van der Waals surface area contributed by atoms with Gasteiger partial charge in [-0.05, 0) is 63.8 Å². The number of anilines is 1. The van der Waals surface area contributed by atoms with E-state index in [-0.39, 0.29) is 18.3 Å². The molecule has 6 heteroatoms. The van der Waals surface area contributed by atoms with E-state index in [0.717, 1.165) is 16.7 Å². The number of hydrogen-bond donors (Lipinski definition) is 0. The zero-order valence-corrected chi connectivity index (χ0v) is 16.3. The summed E-state index contributed by atoms with van der Waals surface area (Å²) in [4.78, 5) is 14.5. The van der Waals surface area contributed by atoms with Gasteiger partial charge < -0.3 is 14.2 Å². The van der Waals surface area contributed by atoms with Gasteiger partial charge in [-0.3, -0.25) is 4.79 Å². The van der Waals surface area contributed by atoms with Gasteiger partial charge in [-0.1, -0.05) is 18.2 Å². The highest BCUT2D eigenvalue weighted by atomic mass is 19.1. The minimum atomic E-state index is -0.508. The molecule has 0 aromatic heterocycles. The van der Waals surface area contributed by atoms with Gasteiger partial charge in [0.2, 0.25) is 0 Å². The second kappa shape index (κ2) is 5.91. The van der Waals surface area contributed by atoms with E-state index in [2.05, 4.69) is 0 Å². The smallest absolute Gasteiger partial charge is 0.399 e. The lowest BCUT2D eigenvalue weighted by atomic mass is 9.75. The second-order valence-corrected chi connectivity index (χ2v) is 8.24. The number of halogens is 1. The Balaban J connectivity index is 1.71. The fraction of sp³-hybridized carbons (Fsp3) is 0.381. The van der Waals surface area contributed by atoms with Gasteiger partial charge in [0.15, 0.2) is 0 Å². The van der Waals surface area contributed by atoms with Crippen LogP contribution >= 0.6 is 0 Å². The van der Waals surface area contributed by atoms with Crippen molar-refractivity contribution in [1.29, 1.82) is 0 Å². The summed E-state index contributed by atoms with van der Waals surface area (Å²) < 4.78 is 26.5. The second-order valence-electron chi connectivity index (χ2n) is 8.24. The molecule has 0 unspecified atom stereocenters. The highest BCUT2D eigenvalue weighted by Crippen LogP contribution is 2.38. The number of amides is 1. The van der Waals surface area contributed by atoms with Crippen molar-refractivity contribution in [1.82, 2.24) is 0 Å². The summed E-state index contributed by atoms with van der Waals surface area (Å²) in [5.41, 5.74) is 2.53. The van der Waals surface area contributed by atoms with E-state index in [9.17, 15) is 9.18 Å². The highest BCUT2D eigenvalue weighted by molar-refractivity contribution is 6.62. The zero-order valence-electron chi connectivity index (χ0n) is 16.3. The molecule has 0 N–H and O–H groups in total. The molecule has 0 aliphatic carbocycles. The molecular weight excluding hydrogens is 344 g/mol. The number of benzene rings is 2. The minimum absolute atomic E-state index is 0.182. The zero-order chi connectivity index (χ0) is 19.6. The predicted octanol–water partition coefficient (Wildman–Crippen LogP) is 3.59. The maximum atomic E-state index is 14.1. The van der Waals surface area contributed by atoms with Crippen molar-refractivity contribution >= 4 is 24.2 Å². The van der Waals surface area contributed by atoms with Crippen LogP contribution in [0, 0.1) is 12.7 Å². The van der Waals surface area contributed by atoms with Gasteiger partial charge in [-0.2, -0.15) is 0 Å². The topological polar surface area (TPSA) is 38.8 Å². The molecule has 2 aliphatic heterocycles. The number of hydrogen-bond acceptors (Lipinski definition) is 3. The first kappa shape index (κ1) is 18.2. The summed E-state index contributed by atoms with van der Waals surface area (Å²) in [6.45, 7) is 10.2. The predicted molar refractivity (Wildman–Crippen MR) is 104 cm³/mol. The maximum absolute atomic E-state index is 14.1. The summed E-state index contributed by atoms with van der Waals surface area (Å²) in [5.74, 6) is -0.526. The van der Waals surface area contributed by atoms with E-state index in [4.69, 9.17) is 9.31 Å². The van der Waals surface area contributed by atoms with Crippen LogP contribution in [0.25, 0.3) is 0 Å². The van der Waals surface area contributed by atoms with Crippen LogP contribution in [-0.4, -0.2) is 24.2 Å². The van der Waals surface area contributed by atoms with Gasteiger partial charge in [0.25, 0.3) is 5.91 Å². The van der Waals surface area contributed by atoms with E-state index in [1.165, 1.54) is 6.07 Å². The third-order valence-corrected chi connectivity index (χ3v) is 6.06. The molecule has 2 heterocycles. The molecule has 4 nitrogen and oxygen atoms in total. The summed E-state index contributed by atoms with van der Waals surface area (Å²) >= 11 is 0. The molecule has 0 radical (unpaired) electrons. The van der Waals surface area contributed by atoms with Crippen LogP contribution in [0.1, 0.15) is 49.2 Å². The van der Waals surface area contributed by atoms with Gasteiger partial charge >= 0.3 is 7.12 Å². The average Bonchev–Trinajstić information content (AvgIpc) is 3.03. The Hall–Kier alpha value is -2.18. The van der Waals surface area contributed by atoms with Crippen molar-refractivity contribution in [2.45, 2.75) is 52.4 Å². The molecule has 0 bridgehead atoms. The molecule has 0 saturated carbocycles. The molecule has 0 atom stereocenters. The molecule has 1 saturated heterocycles. The maximum Gasteiger partial charge on any atom is 0.495 e. The van der Waals surface area contributed by atoms with Crippen molar-refractivity contribution in [3.63, 3.8) is 0 Å². The van der Waals surface area contributed by atoms with Gasteiger partial charge in [0.05, 0.1) is 17.7 Å². The Kier molecular flexibility index (Phi) is 3.98. The van der Waals surface area contributed by atoms with E-state index in [0.29, 0.717) is 11.1 Å². The number of rotatable bonds is 2. The van der Waals surface area contributed by atoms with Crippen molar-refractivity contribution < 1.29 is 18.5 Å². The fourth-order valence-corrected chi connectivity index (χ4v) is 3.65. The summed E-state index contributed by atoms with van der Waals surface area (Å²) in [7, 11) is -0.508. The molecule has 27 heavy (non-hydrogen) atoms. The third-order valence-electron chi connectivity index (χ3n) is 6.06. The lowest BCUT2D eigenvalue weighted by molar-refractivity contribution is 0.00578. The van der Waals surface area contributed by atoms with Crippen molar-refractivity contribution in [2.75, 3.05) is 4.90 Å². The van der Waals surface area contributed by atoms with Crippen LogP contribution in [0.4, 0.5) is 10.1 Å². The van der Waals surface area contributed by atoms with Crippen LogP contribution in [-0.2, 0) is 15.9 Å². The Morgan fingerprint density at radius 2 is 1.67 bits per heavy atom. The lowest BCUT2D eigenvalue weighted by Crippen LogP contribution is -2.41. The van der Waals surface area contributed by atoms with E-state index < -0.39 is 18.3 Å². The lowest BCUT2D eigenvalue weighted by Gasteiger charge is -2.32. The standard InChI is InChI=1S/C21H23BFNO3/c1-13-16(22-26-20(2,3)21(4,5)27-22)9-7-11-18(13)24-12-15-14(19(24)25)8-6-10-17(15)23/h6-11H,12H2,1-5H3. The van der Waals surface area contributed by atoms with Crippen molar-refractivity contribution in [3.05, 3.63) is 58.9 Å². The SMILES string of the molecule is Cc1c(B2OC(C)(C)C(C)(C)O2)cccc1N1Cc2c(F)cccc2C1=O. The first-order chi connectivity index (χ1) is 12.6. The molecule has 140 valence electrons. The van der Waals surface area contributed by atoms with Crippen LogP contribution in [0.2, 0.25) is 0 Å². The largest absolute Gasteiger partial charge is 0.495 e. The van der Waals surface area contributed by atoms with Gasteiger partial charge in [0, 0.05) is 16.8 Å². The molecule has 1 fully saturated rings. The van der Waals surface area contributed by atoms with Crippen molar-refractivity contribution in [3.8, 4) is 0 Å². The third kappa shape index (κ3) is 2.70. The van der Waals surface area contributed by atoms with Crippen LogP contribution < -0.4 is 10.4 Å². The monoisotopic (exact) mass is 367 g/mol. The minimum Gasteiger partial charge on any atom is -0.399 e. The van der Waals surface area contributed by atoms with Crippen molar-refractivity contribution in [2.24, 2.45) is 0 Å². The molecule has 1 amide bonds. The fourth-order valence-electron chi connectivity index (χ4n) is 3.65. The molecular formula is C21H23BFNO3. The number of nitrogens with zero attached hydrogens (tertiary/aromatic N) is 1. The molecule has 2 aromatic rings. The quantitative estimate of drug-likeness (QED) is 0.762.